The molecule has 2 aromatic heterocycles. The molecule has 0 unspecified atom stereocenters. The van der Waals surface area contributed by atoms with Gasteiger partial charge in [-0.05, 0) is 6.07 Å². The highest BCUT2D eigenvalue weighted by Gasteiger charge is 2.20. The molecule has 1 aliphatic rings. The Bertz CT molecular complexity index is 810. The zero-order valence-corrected chi connectivity index (χ0v) is 12.7. The van der Waals surface area contributed by atoms with Gasteiger partial charge in [0.1, 0.15) is 10.8 Å². The van der Waals surface area contributed by atoms with Crippen LogP contribution in [-0.2, 0) is 4.79 Å². The molecule has 0 bridgehead atoms. The summed E-state index contributed by atoms with van der Waals surface area (Å²) in [4.78, 5) is 35.6. The Morgan fingerprint density at radius 1 is 1.30 bits per heavy atom. The normalized spacial score (nSPS) is 15.2. The summed E-state index contributed by atoms with van der Waals surface area (Å²) in [7, 11) is 0. The van der Waals surface area contributed by atoms with Gasteiger partial charge < -0.3 is 15.2 Å². The third kappa shape index (κ3) is 3.31. The minimum absolute atomic E-state index is 0.0578. The number of nitrogens with one attached hydrogen (secondary N) is 2. The average Bonchev–Trinajstić information content (AvgIpc) is 2.74. The predicted octanol–water partition coefficient (Wildman–Crippen LogP) is 0.951. The van der Waals surface area contributed by atoms with Gasteiger partial charge in [-0.2, -0.15) is 4.39 Å². The molecule has 2 aromatic rings. The molecule has 0 atom stereocenters. The van der Waals surface area contributed by atoms with Gasteiger partial charge in [0.05, 0.1) is 0 Å². The number of pyridine rings is 1. The molecule has 1 aliphatic heterocycles. The van der Waals surface area contributed by atoms with Gasteiger partial charge in [-0.1, -0.05) is 11.6 Å². The van der Waals surface area contributed by atoms with Crippen LogP contribution in [0.3, 0.4) is 0 Å². The molecule has 120 valence electrons. The van der Waals surface area contributed by atoms with Crippen molar-refractivity contribution >= 4 is 23.3 Å². The van der Waals surface area contributed by atoms with E-state index in [0.717, 1.165) is 0 Å². The summed E-state index contributed by atoms with van der Waals surface area (Å²) in [5.74, 6) is -0.269. The second-order valence-electron chi connectivity index (χ2n) is 5.01. The van der Waals surface area contributed by atoms with Crippen molar-refractivity contribution < 1.29 is 9.18 Å². The van der Waals surface area contributed by atoms with Gasteiger partial charge in [0.15, 0.2) is 5.82 Å². The standard InChI is InChI=1S/C14H13ClFN5O2/c15-11-13(21-5-2-10(22)18-4-6-21)19-12(20-14(11)23)8-1-3-17-9(16)7-8/h1,3,7H,2,4-6H2,(H,18,22)(H,19,20,23). The fourth-order valence-electron chi connectivity index (χ4n) is 2.32. The van der Waals surface area contributed by atoms with Crippen molar-refractivity contribution in [2.75, 3.05) is 24.5 Å². The molecular weight excluding hydrogens is 325 g/mol. The quantitative estimate of drug-likeness (QED) is 0.796. The van der Waals surface area contributed by atoms with Crippen molar-refractivity contribution in [2.24, 2.45) is 0 Å². The molecule has 9 heteroatoms. The Hall–Kier alpha value is -2.48. The lowest BCUT2D eigenvalue weighted by atomic mass is 10.2. The zero-order chi connectivity index (χ0) is 16.4. The molecule has 0 saturated carbocycles. The monoisotopic (exact) mass is 337 g/mol. The maximum absolute atomic E-state index is 13.3. The zero-order valence-electron chi connectivity index (χ0n) is 12.0. The topological polar surface area (TPSA) is 91.0 Å². The Morgan fingerprint density at radius 3 is 2.91 bits per heavy atom. The first-order valence-corrected chi connectivity index (χ1v) is 7.36. The van der Waals surface area contributed by atoms with E-state index in [-0.39, 0.29) is 29.0 Å². The number of anilines is 1. The molecule has 3 heterocycles. The van der Waals surface area contributed by atoms with Crippen molar-refractivity contribution in [1.29, 1.82) is 0 Å². The number of H-pyrrole nitrogens is 1. The van der Waals surface area contributed by atoms with Crippen molar-refractivity contribution in [3.8, 4) is 11.4 Å². The van der Waals surface area contributed by atoms with Crippen molar-refractivity contribution in [3.05, 3.63) is 39.7 Å². The van der Waals surface area contributed by atoms with Crippen LogP contribution in [-0.4, -0.2) is 40.5 Å². The van der Waals surface area contributed by atoms with Crippen LogP contribution in [0.1, 0.15) is 6.42 Å². The summed E-state index contributed by atoms with van der Waals surface area (Å²) in [5.41, 5.74) is -0.135. The Morgan fingerprint density at radius 2 is 2.13 bits per heavy atom. The SMILES string of the molecule is O=C1CCN(c2nc(-c3ccnc(F)c3)[nH]c(=O)c2Cl)CCN1. The number of amides is 1. The lowest BCUT2D eigenvalue weighted by Crippen LogP contribution is -2.31. The van der Waals surface area contributed by atoms with Crippen LogP contribution in [0.25, 0.3) is 11.4 Å². The molecule has 1 amide bonds. The number of carbonyl (C=O) groups excluding carboxylic acids is 1. The van der Waals surface area contributed by atoms with E-state index in [0.29, 0.717) is 25.2 Å². The van der Waals surface area contributed by atoms with Gasteiger partial charge in [-0.3, -0.25) is 9.59 Å². The van der Waals surface area contributed by atoms with Crippen LogP contribution < -0.4 is 15.8 Å². The number of halogens is 2. The Balaban J connectivity index is 2.03. The number of aromatic nitrogens is 3. The Labute approximate surface area is 135 Å². The van der Waals surface area contributed by atoms with Gasteiger partial charge in [0.2, 0.25) is 11.9 Å². The molecule has 2 N–H and O–H groups in total. The first-order valence-electron chi connectivity index (χ1n) is 6.98. The molecule has 0 radical (unpaired) electrons. The highest BCUT2D eigenvalue weighted by molar-refractivity contribution is 6.32. The molecule has 3 rings (SSSR count). The van der Waals surface area contributed by atoms with E-state index in [4.69, 9.17) is 11.6 Å². The summed E-state index contributed by atoms with van der Waals surface area (Å²) in [6.45, 7) is 1.31. The average molecular weight is 338 g/mol. The fraction of sp³-hybridized carbons (Fsp3) is 0.286. The van der Waals surface area contributed by atoms with Gasteiger partial charge >= 0.3 is 0 Å². The van der Waals surface area contributed by atoms with Crippen LogP contribution >= 0.6 is 11.6 Å². The number of hydrogen-bond acceptors (Lipinski definition) is 5. The second-order valence-corrected chi connectivity index (χ2v) is 5.38. The minimum atomic E-state index is -0.675. The van der Waals surface area contributed by atoms with Gasteiger partial charge in [0.25, 0.3) is 5.56 Å². The van der Waals surface area contributed by atoms with Gasteiger partial charge in [-0.15, -0.1) is 0 Å². The smallest absolute Gasteiger partial charge is 0.272 e. The second kappa shape index (κ2) is 6.33. The molecule has 0 aliphatic carbocycles. The van der Waals surface area contributed by atoms with Crippen molar-refractivity contribution in [1.82, 2.24) is 20.3 Å². The van der Waals surface area contributed by atoms with Crippen molar-refractivity contribution in [2.45, 2.75) is 6.42 Å². The highest BCUT2D eigenvalue weighted by atomic mass is 35.5. The van der Waals surface area contributed by atoms with E-state index in [9.17, 15) is 14.0 Å². The number of carbonyl (C=O) groups is 1. The summed E-state index contributed by atoms with van der Waals surface area (Å²) in [6.07, 6.45) is 1.57. The Kier molecular flexibility index (Phi) is 4.24. The molecule has 7 nitrogen and oxygen atoms in total. The summed E-state index contributed by atoms with van der Waals surface area (Å²) in [5, 5.41) is 2.68. The predicted molar refractivity (Wildman–Crippen MR) is 82.9 cm³/mol. The number of hydrogen-bond donors (Lipinski definition) is 2. The van der Waals surface area contributed by atoms with Crippen LogP contribution in [0.15, 0.2) is 23.1 Å². The summed E-state index contributed by atoms with van der Waals surface area (Å²) >= 11 is 6.07. The molecular formula is C14H13ClFN5O2. The maximum Gasteiger partial charge on any atom is 0.272 e. The van der Waals surface area contributed by atoms with E-state index >= 15 is 0 Å². The summed E-state index contributed by atoms with van der Waals surface area (Å²) < 4.78 is 13.3. The van der Waals surface area contributed by atoms with E-state index in [1.54, 1.807) is 4.90 Å². The van der Waals surface area contributed by atoms with E-state index in [2.05, 4.69) is 20.3 Å². The van der Waals surface area contributed by atoms with Crippen LogP contribution in [0.4, 0.5) is 10.2 Å². The largest absolute Gasteiger partial charge is 0.354 e. The number of aromatic amines is 1. The molecule has 1 saturated heterocycles. The van der Waals surface area contributed by atoms with E-state index in [1.165, 1.54) is 18.3 Å². The minimum Gasteiger partial charge on any atom is -0.354 e. The fourth-order valence-corrected chi connectivity index (χ4v) is 2.53. The summed E-state index contributed by atoms with van der Waals surface area (Å²) in [6, 6.07) is 2.70. The molecule has 1 fully saturated rings. The van der Waals surface area contributed by atoms with E-state index < -0.39 is 11.5 Å². The highest BCUT2D eigenvalue weighted by Crippen LogP contribution is 2.23. The van der Waals surface area contributed by atoms with E-state index in [1.807, 2.05) is 0 Å². The van der Waals surface area contributed by atoms with Gasteiger partial charge in [0, 0.05) is 43.9 Å². The molecule has 23 heavy (non-hydrogen) atoms. The van der Waals surface area contributed by atoms with Crippen LogP contribution in [0.5, 0.6) is 0 Å². The third-order valence-corrected chi connectivity index (χ3v) is 3.80. The third-order valence-electron chi connectivity index (χ3n) is 3.46. The first-order chi connectivity index (χ1) is 11.0. The number of nitrogens with zero attached hydrogens (tertiary/aromatic N) is 3. The van der Waals surface area contributed by atoms with Crippen molar-refractivity contribution in [3.63, 3.8) is 0 Å². The first kappa shape index (κ1) is 15.4. The number of rotatable bonds is 2. The maximum atomic E-state index is 13.3. The van der Waals surface area contributed by atoms with Crippen LogP contribution in [0.2, 0.25) is 5.02 Å². The van der Waals surface area contributed by atoms with Gasteiger partial charge in [-0.25, -0.2) is 9.97 Å². The lowest BCUT2D eigenvalue weighted by molar-refractivity contribution is -0.120. The van der Waals surface area contributed by atoms with Crippen LogP contribution in [0, 0.1) is 5.95 Å². The lowest BCUT2D eigenvalue weighted by Gasteiger charge is -2.21. The molecule has 0 aromatic carbocycles. The molecule has 0 spiro atoms.